The van der Waals surface area contributed by atoms with E-state index in [9.17, 15) is 4.79 Å². The minimum absolute atomic E-state index is 0.00283. The highest BCUT2D eigenvalue weighted by atomic mass is 32.1. The van der Waals surface area contributed by atoms with E-state index in [2.05, 4.69) is 10.7 Å². The van der Waals surface area contributed by atoms with E-state index >= 15 is 0 Å². The maximum Gasteiger partial charge on any atom is 0.408 e. The molecule has 1 saturated carbocycles. The molecule has 124 valence electrons. The molecule has 0 saturated heterocycles. The summed E-state index contributed by atoms with van der Waals surface area (Å²) in [5, 5.41) is 5.11. The molecule has 0 aromatic carbocycles. The highest BCUT2D eigenvalue weighted by molar-refractivity contribution is 7.10. The van der Waals surface area contributed by atoms with Crippen LogP contribution >= 0.6 is 11.3 Å². The maximum absolute atomic E-state index is 11.8. The van der Waals surface area contributed by atoms with Crippen molar-refractivity contribution in [2.75, 3.05) is 6.61 Å². The largest absolute Gasteiger partial charge is 0.490 e. The summed E-state index contributed by atoms with van der Waals surface area (Å²) in [6, 6.07) is 0.00283. The van der Waals surface area contributed by atoms with Crippen LogP contribution in [0.3, 0.4) is 0 Å². The lowest BCUT2D eigenvalue weighted by Crippen LogP contribution is -2.44. The first-order valence-electron chi connectivity index (χ1n) is 8.15. The number of hydrogen-bond donors (Lipinski definition) is 1. The van der Waals surface area contributed by atoms with Gasteiger partial charge in [-0.1, -0.05) is 13.8 Å². The average molecular weight is 325 g/mol. The van der Waals surface area contributed by atoms with E-state index in [4.69, 9.17) is 9.47 Å². The first-order valence-corrected chi connectivity index (χ1v) is 9.03. The van der Waals surface area contributed by atoms with Crippen molar-refractivity contribution in [2.24, 2.45) is 0 Å². The Morgan fingerprint density at radius 2 is 2.05 bits per heavy atom. The number of rotatable bonds is 2. The summed E-state index contributed by atoms with van der Waals surface area (Å²) in [6.07, 6.45) is 3.04. The number of thiophene rings is 1. The highest BCUT2D eigenvalue weighted by Crippen LogP contribution is 2.48. The smallest absolute Gasteiger partial charge is 0.408 e. The molecule has 1 atom stereocenters. The lowest BCUT2D eigenvalue weighted by molar-refractivity contribution is 0.0482. The van der Waals surface area contributed by atoms with Crippen LogP contribution < -0.4 is 10.1 Å². The average Bonchev–Trinajstić information content (AvgIpc) is 3.19. The molecule has 2 heterocycles. The first-order chi connectivity index (χ1) is 10.4. The molecule has 22 heavy (non-hydrogen) atoms. The molecule has 1 N–H and O–H groups in total. The molecule has 1 aromatic heterocycles. The summed E-state index contributed by atoms with van der Waals surface area (Å²) in [7, 11) is 0. The van der Waals surface area contributed by atoms with Gasteiger partial charge in [0.25, 0.3) is 0 Å². The fourth-order valence-electron chi connectivity index (χ4n) is 2.42. The second kappa shape index (κ2) is 6.90. The number of amides is 1. The molecule has 5 heteroatoms. The Labute approximate surface area is 137 Å². The van der Waals surface area contributed by atoms with E-state index in [-0.39, 0.29) is 12.1 Å². The van der Waals surface area contributed by atoms with Crippen molar-refractivity contribution in [1.29, 1.82) is 0 Å². The summed E-state index contributed by atoms with van der Waals surface area (Å²) in [5.74, 6) is 1.80. The molecular weight excluding hydrogens is 298 g/mol. The Hall–Kier alpha value is -1.23. The van der Waals surface area contributed by atoms with Crippen LogP contribution in [-0.4, -0.2) is 24.3 Å². The van der Waals surface area contributed by atoms with Gasteiger partial charge in [-0.15, -0.1) is 11.3 Å². The van der Waals surface area contributed by atoms with Crippen LogP contribution in [-0.2, 0) is 11.2 Å². The van der Waals surface area contributed by atoms with Gasteiger partial charge in [0, 0.05) is 16.9 Å². The molecule has 4 nitrogen and oxygen atoms in total. The summed E-state index contributed by atoms with van der Waals surface area (Å²) in [4.78, 5) is 13.0. The number of carbonyl (C=O) groups excluding carboxylic acids is 1. The molecule has 0 spiro atoms. The molecular formula is C17H27NO3S. The molecule has 1 aliphatic carbocycles. The third kappa shape index (κ3) is 4.38. The summed E-state index contributed by atoms with van der Waals surface area (Å²) >= 11 is 1.75. The number of fused-ring (bicyclic) bond motifs is 1. The monoisotopic (exact) mass is 325 g/mol. The zero-order valence-corrected chi connectivity index (χ0v) is 15.0. The number of ether oxygens (including phenoxy) is 2. The minimum Gasteiger partial charge on any atom is -0.490 e. The molecule has 1 unspecified atom stereocenters. The van der Waals surface area contributed by atoms with E-state index in [1.807, 2.05) is 34.6 Å². The van der Waals surface area contributed by atoms with Crippen LogP contribution in [0, 0.1) is 0 Å². The van der Waals surface area contributed by atoms with Crippen LogP contribution in [0.2, 0.25) is 0 Å². The highest BCUT2D eigenvalue weighted by Gasteiger charge is 2.33. The number of carbonyl (C=O) groups is 1. The fourth-order valence-corrected chi connectivity index (χ4v) is 3.57. The zero-order valence-electron chi connectivity index (χ0n) is 14.2. The van der Waals surface area contributed by atoms with Crippen molar-refractivity contribution in [3.8, 4) is 5.75 Å². The van der Waals surface area contributed by atoms with Gasteiger partial charge in [-0.25, -0.2) is 4.79 Å². The van der Waals surface area contributed by atoms with Crippen molar-refractivity contribution >= 4 is 17.4 Å². The second-order valence-corrected chi connectivity index (χ2v) is 7.54. The van der Waals surface area contributed by atoms with Crippen molar-refractivity contribution in [3.63, 3.8) is 0 Å². The van der Waals surface area contributed by atoms with Gasteiger partial charge in [-0.2, -0.15) is 0 Å². The second-order valence-electron chi connectivity index (χ2n) is 6.58. The van der Waals surface area contributed by atoms with E-state index in [1.54, 1.807) is 11.3 Å². The van der Waals surface area contributed by atoms with Crippen LogP contribution in [0.25, 0.3) is 0 Å². The van der Waals surface area contributed by atoms with E-state index < -0.39 is 5.60 Å². The SMILES string of the molecule is CC.CC(C)(C)OC(=O)NC1COc2c(C3CC3)csc2C1. The molecule has 2 aliphatic rings. The zero-order chi connectivity index (χ0) is 16.3. The van der Waals surface area contributed by atoms with E-state index in [0.29, 0.717) is 12.5 Å². The van der Waals surface area contributed by atoms with Crippen molar-refractivity contribution in [3.05, 3.63) is 15.8 Å². The maximum atomic E-state index is 11.8. The summed E-state index contributed by atoms with van der Waals surface area (Å²) < 4.78 is 11.2. The van der Waals surface area contributed by atoms with Gasteiger partial charge in [-0.3, -0.25) is 0 Å². The molecule has 1 amide bonds. The van der Waals surface area contributed by atoms with Crippen LogP contribution in [0.5, 0.6) is 5.75 Å². The Kier molecular flexibility index (Phi) is 5.37. The summed E-state index contributed by atoms with van der Waals surface area (Å²) in [6.45, 7) is 10.1. The van der Waals surface area contributed by atoms with Gasteiger partial charge in [-0.05, 0) is 44.9 Å². The fraction of sp³-hybridized carbons (Fsp3) is 0.706. The van der Waals surface area contributed by atoms with E-state index in [1.165, 1.54) is 23.3 Å². The van der Waals surface area contributed by atoms with Crippen molar-refractivity contribution in [1.82, 2.24) is 5.32 Å². The predicted molar refractivity (Wildman–Crippen MR) is 90.0 cm³/mol. The Morgan fingerprint density at radius 1 is 1.36 bits per heavy atom. The topological polar surface area (TPSA) is 47.6 Å². The normalized spacial score (nSPS) is 20.1. The van der Waals surface area contributed by atoms with Crippen molar-refractivity contribution < 1.29 is 14.3 Å². The molecule has 0 radical (unpaired) electrons. The quantitative estimate of drug-likeness (QED) is 0.872. The number of alkyl carbamates (subject to hydrolysis) is 1. The van der Waals surface area contributed by atoms with Gasteiger partial charge >= 0.3 is 6.09 Å². The van der Waals surface area contributed by atoms with E-state index in [0.717, 1.165) is 12.2 Å². The first kappa shape index (κ1) is 17.1. The predicted octanol–water partition coefficient (Wildman–Crippen LogP) is 4.48. The number of hydrogen-bond acceptors (Lipinski definition) is 4. The summed E-state index contributed by atoms with van der Waals surface area (Å²) in [5.41, 5.74) is 0.910. The van der Waals surface area contributed by atoms with Gasteiger partial charge < -0.3 is 14.8 Å². The third-order valence-electron chi connectivity index (χ3n) is 3.44. The van der Waals surface area contributed by atoms with Gasteiger partial charge in [0.1, 0.15) is 18.0 Å². The Morgan fingerprint density at radius 3 is 2.64 bits per heavy atom. The Balaban J connectivity index is 0.000000847. The van der Waals surface area contributed by atoms with Gasteiger partial charge in [0.15, 0.2) is 0 Å². The molecule has 1 aliphatic heterocycles. The van der Waals surface area contributed by atoms with Gasteiger partial charge in [0.2, 0.25) is 0 Å². The molecule has 1 fully saturated rings. The van der Waals surface area contributed by atoms with Crippen LogP contribution in [0.1, 0.15) is 63.8 Å². The lowest BCUT2D eigenvalue weighted by Gasteiger charge is -2.26. The number of nitrogens with one attached hydrogen (secondary N) is 1. The van der Waals surface area contributed by atoms with Crippen LogP contribution in [0.4, 0.5) is 4.79 Å². The molecule has 3 rings (SSSR count). The Bertz CT molecular complexity index is 514. The standard InChI is InChI=1S/C15H21NO3S.C2H6/c1-15(2,3)19-14(17)16-10-6-12-13(18-7-10)11(8-20-12)9-4-5-9;1-2/h8-10H,4-7H2,1-3H3,(H,16,17);1-2H3. The van der Waals surface area contributed by atoms with Crippen molar-refractivity contribution in [2.45, 2.75) is 71.4 Å². The lowest BCUT2D eigenvalue weighted by atomic mass is 10.1. The minimum atomic E-state index is -0.465. The third-order valence-corrected chi connectivity index (χ3v) is 4.45. The molecule has 0 bridgehead atoms. The van der Waals surface area contributed by atoms with Crippen LogP contribution in [0.15, 0.2) is 5.38 Å². The van der Waals surface area contributed by atoms with Gasteiger partial charge in [0.05, 0.1) is 6.04 Å². The molecule has 1 aromatic rings.